The minimum atomic E-state index is -3.90. The van der Waals surface area contributed by atoms with Gasteiger partial charge in [-0.3, -0.25) is 9.52 Å². The molecule has 0 amide bonds. The first kappa shape index (κ1) is 14.6. The number of anilines is 1. The molecule has 2 N–H and O–H groups in total. The molecule has 0 aliphatic heterocycles. The van der Waals surface area contributed by atoms with Gasteiger partial charge in [0.05, 0.1) is 5.56 Å². The van der Waals surface area contributed by atoms with E-state index < -0.39 is 16.0 Å². The third-order valence-corrected chi connectivity index (χ3v) is 5.84. The van der Waals surface area contributed by atoms with E-state index in [1.165, 1.54) is 17.7 Å². The second kappa shape index (κ2) is 5.31. The number of aromatic nitrogens is 1. The van der Waals surface area contributed by atoms with E-state index in [9.17, 15) is 18.0 Å². The number of carboxylic acid groups (broad SMARTS) is 1. The number of carboxylic acids is 1. The Morgan fingerprint density at radius 1 is 1.30 bits per heavy atom. The Labute approximate surface area is 122 Å². The van der Waals surface area contributed by atoms with Gasteiger partial charge in [-0.05, 0) is 6.07 Å². The predicted molar refractivity (Wildman–Crippen MR) is 74.2 cm³/mol. The molecule has 0 aliphatic rings. The number of rotatable bonds is 5. The topological polar surface area (TPSA) is 113 Å². The van der Waals surface area contributed by atoms with Gasteiger partial charge in [0, 0.05) is 17.7 Å². The van der Waals surface area contributed by atoms with Crippen LogP contribution >= 0.6 is 22.7 Å². The van der Waals surface area contributed by atoms with Crippen LogP contribution in [0.3, 0.4) is 0 Å². The number of nitrogens with one attached hydrogen (secondary N) is 1. The van der Waals surface area contributed by atoms with Crippen molar-refractivity contribution >= 4 is 49.6 Å². The molecule has 10 heteroatoms. The van der Waals surface area contributed by atoms with Crippen molar-refractivity contribution in [2.24, 2.45) is 0 Å². The highest BCUT2D eigenvalue weighted by molar-refractivity contribution is 7.94. The fourth-order valence-electron chi connectivity index (χ4n) is 1.22. The summed E-state index contributed by atoms with van der Waals surface area (Å²) in [5.41, 5.74) is 0.0732. The van der Waals surface area contributed by atoms with Crippen molar-refractivity contribution in [2.45, 2.75) is 11.1 Å². The Morgan fingerprint density at radius 2 is 2.00 bits per heavy atom. The summed E-state index contributed by atoms with van der Waals surface area (Å²) in [6.07, 6.45) is 0. The fourth-order valence-corrected chi connectivity index (χ4v) is 4.37. The molecule has 0 radical (unpaired) electrons. The highest BCUT2D eigenvalue weighted by Gasteiger charge is 2.20. The van der Waals surface area contributed by atoms with Crippen LogP contribution in [0.2, 0.25) is 0 Å². The second-order valence-electron chi connectivity index (χ2n) is 3.66. The summed E-state index contributed by atoms with van der Waals surface area (Å²) < 4.78 is 26.1. The molecule has 0 atom stereocenters. The molecule has 0 saturated heterocycles. The molecule has 2 aromatic rings. The van der Waals surface area contributed by atoms with Crippen molar-refractivity contribution in [2.75, 3.05) is 4.72 Å². The van der Waals surface area contributed by atoms with Gasteiger partial charge in [-0.25, -0.2) is 18.2 Å². The van der Waals surface area contributed by atoms with E-state index in [-0.39, 0.29) is 26.4 Å². The minimum absolute atomic E-state index is 0.0560. The maximum atomic E-state index is 12.0. The Morgan fingerprint density at radius 3 is 2.50 bits per heavy atom. The Bertz CT molecular complexity index is 774. The van der Waals surface area contributed by atoms with Gasteiger partial charge in [0.15, 0.2) is 10.9 Å². The number of aromatic carboxylic acids is 1. The summed E-state index contributed by atoms with van der Waals surface area (Å²) in [5.74, 6) is -1.47. The quantitative estimate of drug-likeness (QED) is 0.809. The number of Topliss-reactive ketones (excluding diaryl/α,β-unsaturated/α-hetero) is 1. The van der Waals surface area contributed by atoms with Gasteiger partial charge in [0.2, 0.25) is 0 Å². The van der Waals surface area contributed by atoms with E-state index in [2.05, 4.69) is 9.71 Å². The van der Waals surface area contributed by atoms with E-state index in [0.29, 0.717) is 0 Å². The second-order valence-corrected chi connectivity index (χ2v) is 7.34. The van der Waals surface area contributed by atoms with Gasteiger partial charge in [0.1, 0.15) is 9.90 Å². The van der Waals surface area contributed by atoms with Crippen LogP contribution in [0.15, 0.2) is 21.0 Å². The first-order chi connectivity index (χ1) is 9.29. The van der Waals surface area contributed by atoms with Gasteiger partial charge in [-0.15, -0.1) is 22.7 Å². The van der Waals surface area contributed by atoms with Crippen molar-refractivity contribution in [3.63, 3.8) is 0 Å². The van der Waals surface area contributed by atoms with Crippen LogP contribution in [0.1, 0.15) is 27.8 Å². The van der Waals surface area contributed by atoms with Gasteiger partial charge in [0.25, 0.3) is 10.0 Å². The number of nitrogens with zero attached hydrogens (tertiary/aromatic N) is 1. The number of thiophene rings is 1. The smallest absolute Gasteiger partial charge is 0.336 e. The van der Waals surface area contributed by atoms with Crippen molar-refractivity contribution in [1.29, 1.82) is 0 Å². The number of carbonyl (C=O) groups is 2. The number of ketones is 1. The molecule has 2 aromatic heterocycles. The molecule has 7 nitrogen and oxygen atoms in total. The largest absolute Gasteiger partial charge is 0.478 e. The van der Waals surface area contributed by atoms with Gasteiger partial charge >= 0.3 is 5.97 Å². The van der Waals surface area contributed by atoms with E-state index in [4.69, 9.17) is 5.11 Å². The maximum Gasteiger partial charge on any atom is 0.336 e. The summed E-state index contributed by atoms with van der Waals surface area (Å²) >= 11 is 1.77. The Balaban J connectivity index is 2.25. The molecule has 0 bridgehead atoms. The van der Waals surface area contributed by atoms with Gasteiger partial charge in [-0.1, -0.05) is 0 Å². The normalized spacial score (nSPS) is 11.2. The number of hydrogen-bond donors (Lipinski definition) is 2. The summed E-state index contributed by atoms with van der Waals surface area (Å²) in [5, 5.41) is 11.5. The molecule has 0 aromatic carbocycles. The minimum Gasteiger partial charge on any atom is -0.478 e. The van der Waals surface area contributed by atoms with Crippen LogP contribution in [-0.2, 0) is 10.0 Å². The summed E-state index contributed by atoms with van der Waals surface area (Å²) in [4.78, 5) is 25.6. The molecular formula is C10H8N2O5S3. The van der Waals surface area contributed by atoms with Gasteiger partial charge in [-0.2, -0.15) is 0 Å². The third kappa shape index (κ3) is 3.03. The molecular weight excluding hydrogens is 324 g/mol. The monoisotopic (exact) mass is 332 g/mol. The summed E-state index contributed by atoms with van der Waals surface area (Å²) in [6, 6.07) is 1.06. The van der Waals surface area contributed by atoms with Crippen molar-refractivity contribution in [1.82, 2.24) is 4.98 Å². The van der Waals surface area contributed by atoms with Crippen molar-refractivity contribution < 1.29 is 23.1 Å². The van der Waals surface area contributed by atoms with E-state index >= 15 is 0 Å². The number of sulfonamides is 1. The first-order valence-electron chi connectivity index (χ1n) is 5.11. The molecule has 106 valence electrons. The highest BCUT2D eigenvalue weighted by atomic mass is 32.2. The third-order valence-electron chi connectivity index (χ3n) is 2.17. The summed E-state index contributed by atoms with van der Waals surface area (Å²) in [6.45, 7) is 1.33. The molecule has 0 unspecified atom stereocenters. The maximum absolute atomic E-state index is 12.0. The number of thiazole rings is 1. The SMILES string of the molecule is CC(=O)c1csc(NS(=O)(=O)c2cc(C(=O)O)cs2)n1. The van der Waals surface area contributed by atoms with Crippen LogP contribution in [0.25, 0.3) is 0 Å². The van der Waals surface area contributed by atoms with Crippen LogP contribution < -0.4 is 4.72 Å². The van der Waals surface area contributed by atoms with Crippen LogP contribution in [0.5, 0.6) is 0 Å². The molecule has 2 rings (SSSR count). The average molecular weight is 332 g/mol. The molecule has 0 spiro atoms. The lowest BCUT2D eigenvalue weighted by Crippen LogP contribution is -2.11. The molecule has 0 aliphatic carbocycles. The van der Waals surface area contributed by atoms with Crippen molar-refractivity contribution in [3.8, 4) is 0 Å². The average Bonchev–Trinajstić information content (AvgIpc) is 2.95. The van der Waals surface area contributed by atoms with E-state index in [1.807, 2.05) is 0 Å². The standard InChI is InChI=1S/C10H8N2O5S3/c1-5(13)7-4-19-10(11-7)12-20(16,17)8-2-6(3-18-8)9(14)15/h2-4H,1H3,(H,11,12)(H,14,15). The van der Waals surface area contributed by atoms with E-state index in [1.54, 1.807) is 0 Å². The predicted octanol–water partition coefficient (Wildman–Crippen LogP) is 1.91. The zero-order valence-electron chi connectivity index (χ0n) is 9.98. The number of carbonyl (C=O) groups excluding carboxylic acids is 1. The number of hydrogen-bond acceptors (Lipinski definition) is 7. The van der Waals surface area contributed by atoms with Crippen LogP contribution in [0, 0.1) is 0 Å². The molecule has 2 heterocycles. The Kier molecular flexibility index (Phi) is 3.88. The van der Waals surface area contributed by atoms with Crippen molar-refractivity contribution in [3.05, 3.63) is 28.1 Å². The van der Waals surface area contributed by atoms with E-state index in [0.717, 1.165) is 28.7 Å². The fraction of sp³-hybridized carbons (Fsp3) is 0.100. The van der Waals surface area contributed by atoms with Crippen LogP contribution in [0.4, 0.5) is 5.13 Å². The lowest BCUT2D eigenvalue weighted by molar-refractivity contribution is 0.0697. The highest BCUT2D eigenvalue weighted by Crippen LogP contribution is 2.24. The Hall–Kier alpha value is -1.78. The first-order valence-corrected chi connectivity index (χ1v) is 8.35. The zero-order chi connectivity index (χ0) is 14.9. The van der Waals surface area contributed by atoms with Gasteiger partial charge < -0.3 is 5.11 Å². The van der Waals surface area contributed by atoms with Crippen LogP contribution in [-0.4, -0.2) is 30.3 Å². The molecule has 0 saturated carbocycles. The zero-order valence-corrected chi connectivity index (χ0v) is 12.4. The molecule has 0 fully saturated rings. The lowest BCUT2D eigenvalue weighted by atomic mass is 10.4. The lowest BCUT2D eigenvalue weighted by Gasteiger charge is -2.01. The summed E-state index contributed by atoms with van der Waals surface area (Å²) in [7, 11) is -3.90. The molecule has 20 heavy (non-hydrogen) atoms.